The standard InChI is InChI=1S/C82H99N13O15Si2/c1-9-78(106)41-48-42-81(76(105)109-5,67-57(32-36-94(45-48)47-78)56-15-11-12-16-60(56)89-67)59-39-58-62(40-63(59)108-4)93(3)74-80(58)34-37-95-35-14-33-79(10-2,73(80)95)75(104)82(74,107)46-86-69(99)49-20-26-54(27-21-49)111(6,7)110-112(8,38-13-17-65(97)98)55-28-24-52(25-29-55)87-64(96)31-30-61(72(102)103)90-70(100)50-18-22-51(23-19-50)84-43-53-44-85-68-66(88-53)71(101)92-77(83)91-68/h11-12,14-16,18-29,33,39-40,44,48,61,73-75,84,89,104,106-107H,9-10,13,17,30-32,34-38,41-43,45-47H2,1-8H3,(H,86,99)(H,87,96)(H,90,100)(H,97,98)(H,102,103)(H3,83,85,91,92,101)/t48?,61-,73+,74+,75+,78-,79+,80+,81-,82-,112?/m0/s1. The van der Waals surface area contributed by atoms with E-state index in [9.17, 15) is 54.3 Å². The molecule has 112 heavy (non-hydrogen) atoms. The number of nitrogens with two attached hydrogens (primary N) is 1. The zero-order valence-corrected chi connectivity index (χ0v) is 66.3. The van der Waals surface area contributed by atoms with Gasteiger partial charge in [-0.25, -0.2) is 14.8 Å². The number of para-hydroxylation sites is 1. The lowest BCUT2D eigenvalue weighted by Gasteiger charge is -2.64. The summed E-state index contributed by atoms with van der Waals surface area (Å²) >= 11 is 0. The van der Waals surface area contributed by atoms with Gasteiger partial charge in [0.1, 0.15) is 22.8 Å². The topological polar surface area (TPSA) is 402 Å². The second kappa shape index (κ2) is 30.4. The Kier molecular flexibility index (Phi) is 21.3. The predicted molar refractivity (Wildman–Crippen MR) is 428 cm³/mol. The molecule has 5 aromatic carbocycles. The molecule has 5 aliphatic heterocycles. The molecule has 1 aliphatic carbocycles. The van der Waals surface area contributed by atoms with Crippen LogP contribution in [0.5, 0.6) is 5.75 Å². The van der Waals surface area contributed by atoms with Gasteiger partial charge in [-0.1, -0.05) is 68.5 Å². The van der Waals surface area contributed by atoms with E-state index >= 15 is 4.79 Å². The monoisotopic (exact) mass is 1560 g/mol. The number of carbonyl (C=O) groups excluding carboxylic acids is 4. The van der Waals surface area contributed by atoms with Gasteiger partial charge >= 0.3 is 17.9 Å². The van der Waals surface area contributed by atoms with Crippen molar-refractivity contribution in [3.63, 3.8) is 0 Å². The molecule has 30 heteroatoms. The van der Waals surface area contributed by atoms with Crippen molar-refractivity contribution >= 4 is 108 Å². The Hall–Kier alpha value is -10.2. The van der Waals surface area contributed by atoms with Crippen molar-refractivity contribution in [1.82, 2.24) is 45.4 Å². The number of amides is 3. The molecule has 12 atom stereocenters. The highest BCUT2D eigenvalue weighted by Crippen LogP contribution is 2.68. The average Bonchev–Trinajstić information content (AvgIpc) is 1.47. The van der Waals surface area contributed by atoms with Crippen LogP contribution in [0.3, 0.4) is 0 Å². The third kappa shape index (κ3) is 14.0. The number of nitrogens with zero attached hydrogens (tertiary/aromatic N) is 6. The fraction of sp³-hybridized carbons (Fsp3) is 0.439. The number of piperidine rings is 1. The van der Waals surface area contributed by atoms with Gasteiger partial charge in [-0.2, -0.15) is 4.98 Å². The molecule has 8 heterocycles. The number of nitrogens with one attached hydrogen (secondary N) is 6. The average molecular weight is 1560 g/mol. The molecule has 13 N–H and O–H groups in total. The lowest BCUT2D eigenvalue weighted by molar-refractivity contribution is -0.196. The fourth-order valence-electron chi connectivity index (χ4n) is 19.8. The maximum Gasteiger partial charge on any atom is 0.326 e. The van der Waals surface area contributed by atoms with Gasteiger partial charge in [-0.3, -0.25) is 43.6 Å². The van der Waals surface area contributed by atoms with Crippen LogP contribution < -0.4 is 52.6 Å². The molecule has 28 nitrogen and oxygen atoms in total. The largest absolute Gasteiger partial charge is 0.496 e. The molecule has 3 fully saturated rings. The number of H-pyrrole nitrogens is 2. The molecular weight excluding hydrogens is 1460 g/mol. The molecule has 1 saturated carbocycles. The molecule has 14 rings (SSSR count). The van der Waals surface area contributed by atoms with Crippen LogP contribution >= 0.6 is 0 Å². The Balaban J connectivity index is 0.672. The van der Waals surface area contributed by atoms with E-state index in [1.807, 2.05) is 89.1 Å². The normalized spacial score (nSPS) is 25.9. The number of esters is 1. The predicted octanol–water partition coefficient (Wildman–Crippen LogP) is 6.28. The number of rotatable bonds is 26. The summed E-state index contributed by atoms with van der Waals surface area (Å²) in [5.41, 5.74) is 5.66. The highest BCUT2D eigenvalue weighted by Gasteiger charge is 2.77. The molecule has 3 unspecified atom stereocenters. The number of hydrogen-bond acceptors (Lipinski definition) is 21. The Morgan fingerprint density at radius 3 is 2.24 bits per heavy atom. The number of hydrogen-bond donors (Lipinski definition) is 12. The molecule has 590 valence electrons. The summed E-state index contributed by atoms with van der Waals surface area (Å²) in [7, 11) is -0.989. The third-order valence-corrected chi connectivity index (χ3v) is 33.4. The van der Waals surface area contributed by atoms with E-state index in [0.717, 1.165) is 43.8 Å². The van der Waals surface area contributed by atoms with Crippen molar-refractivity contribution < 1.29 is 67.9 Å². The van der Waals surface area contributed by atoms with E-state index in [-0.39, 0.29) is 67.0 Å². The maximum absolute atomic E-state index is 15.7. The lowest BCUT2D eigenvalue weighted by atomic mass is 9.47. The van der Waals surface area contributed by atoms with Crippen LogP contribution in [0.2, 0.25) is 25.7 Å². The molecule has 2 bridgehead atoms. The summed E-state index contributed by atoms with van der Waals surface area (Å²) in [6, 6.07) is 30.7. The third-order valence-electron chi connectivity index (χ3n) is 25.0. The van der Waals surface area contributed by atoms with Crippen molar-refractivity contribution in [1.29, 1.82) is 0 Å². The molecular formula is C82H99N13O15Si2. The summed E-state index contributed by atoms with van der Waals surface area (Å²) in [5.74, 6) is -4.16. The number of anilines is 4. The summed E-state index contributed by atoms with van der Waals surface area (Å²) in [5, 5.41) is 73.8. The molecule has 8 aromatic rings. The highest BCUT2D eigenvalue weighted by atomic mass is 28.4. The minimum Gasteiger partial charge on any atom is -0.496 e. The van der Waals surface area contributed by atoms with Crippen molar-refractivity contribution in [2.75, 3.05) is 81.8 Å². The number of methoxy groups -OCH3 is 2. The number of benzene rings is 5. The van der Waals surface area contributed by atoms with E-state index in [0.29, 0.717) is 118 Å². The number of aliphatic hydroxyl groups excluding tert-OH is 1. The van der Waals surface area contributed by atoms with Gasteiger partial charge in [0.2, 0.25) is 28.5 Å². The van der Waals surface area contributed by atoms with E-state index in [4.69, 9.17) is 19.3 Å². The number of carboxylic acids is 2. The number of aromatic amines is 2. The van der Waals surface area contributed by atoms with Crippen LogP contribution in [-0.2, 0) is 51.8 Å². The van der Waals surface area contributed by atoms with E-state index in [1.54, 1.807) is 43.5 Å². The van der Waals surface area contributed by atoms with E-state index < -0.39 is 103 Å². The van der Waals surface area contributed by atoms with Crippen LogP contribution in [0, 0.1) is 11.3 Å². The number of aliphatic hydroxyl groups is 3. The van der Waals surface area contributed by atoms with Gasteiger partial charge in [-0.15, -0.1) is 0 Å². The summed E-state index contributed by atoms with van der Waals surface area (Å²) < 4.78 is 19.9. The van der Waals surface area contributed by atoms with Gasteiger partial charge in [0.25, 0.3) is 17.4 Å². The number of nitrogen functional groups attached to an aromatic ring is 1. The van der Waals surface area contributed by atoms with E-state index in [1.165, 1.54) is 25.4 Å². The van der Waals surface area contributed by atoms with Crippen LogP contribution in [0.25, 0.3) is 22.1 Å². The van der Waals surface area contributed by atoms with Crippen LogP contribution in [-0.4, -0.2) is 208 Å². The minimum atomic E-state index is -3.03. The zero-order valence-electron chi connectivity index (χ0n) is 64.3. The Labute approximate surface area is 650 Å². The van der Waals surface area contributed by atoms with Crippen molar-refractivity contribution in [3.8, 4) is 5.75 Å². The summed E-state index contributed by atoms with van der Waals surface area (Å²) in [6.45, 7) is 13.1. The second-order valence-electron chi connectivity index (χ2n) is 32.1. The quantitative estimate of drug-likeness (QED) is 0.0161. The maximum atomic E-state index is 15.7. The number of fused-ring (bicyclic) bond motifs is 7. The Morgan fingerprint density at radius 1 is 0.821 bits per heavy atom. The highest BCUT2D eigenvalue weighted by molar-refractivity contribution is 6.97. The van der Waals surface area contributed by atoms with Crippen LogP contribution in [0.15, 0.2) is 132 Å². The molecule has 1 spiro atoms. The Morgan fingerprint density at radius 2 is 1.54 bits per heavy atom. The van der Waals surface area contributed by atoms with Gasteiger partial charge in [0.05, 0.1) is 56.9 Å². The van der Waals surface area contributed by atoms with Crippen LogP contribution in [0.4, 0.5) is 23.0 Å². The van der Waals surface area contributed by atoms with E-state index in [2.05, 4.69) is 85.2 Å². The smallest absolute Gasteiger partial charge is 0.326 e. The second-order valence-corrected chi connectivity index (χ2v) is 40.0. The SMILES string of the molecule is CC[C@]1(O)CC2CN(CCc3c([nH]c4ccccc34)[C@@](C(=O)OC)(c3cc4c(cc3OC)N(C)[C@H]3[C@@](O)(CNC(=O)c5ccc([Si](C)(C)O[Si](C)(CCCC(=O)O)c6ccc(NC(=O)CC[C@H](NC(=O)c7ccc(NCc8cnc9nc(N)[nH]c(=O)c9n8)cc7)C(=O)O)cc6)cc5)[C@H](O)[C@]5(CC)C=CCN6CC[C@]43[C@H]65)C2)C1. The van der Waals surface area contributed by atoms with Crippen LogP contribution in [0.1, 0.15) is 120 Å². The number of carbonyl (C=O) groups is 6. The van der Waals surface area contributed by atoms with Gasteiger partial charge in [-0.05, 0) is 172 Å². The molecule has 3 aromatic heterocycles. The van der Waals surface area contributed by atoms with Gasteiger partial charge < -0.3 is 76.0 Å². The number of carboxylic acid groups (broad SMARTS) is 2. The zero-order chi connectivity index (χ0) is 79.6. The molecule has 3 amide bonds. The summed E-state index contributed by atoms with van der Waals surface area (Å²) in [4.78, 5) is 119. The first-order chi connectivity index (χ1) is 53.4. The molecule has 2 saturated heterocycles. The Bertz CT molecular complexity index is 5090. The first-order valence-electron chi connectivity index (χ1n) is 38.5. The van der Waals surface area contributed by atoms with Gasteiger partial charge in [0, 0.05) is 119 Å². The first kappa shape index (κ1) is 78.5. The number of ether oxygens (including phenoxy) is 2. The number of likely N-dealkylation sites (N-methyl/N-ethyl adjacent to an activating group) is 1. The van der Waals surface area contributed by atoms with Crippen molar-refractivity contribution in [2.24, 2.45) is 11.3 Å². The minimum absolute atomic E-state index is 0.0256. The van der Waals surface area contributed by atoms with Crippen molar-refractivity contribution in [2.45, 2.75) is 157 Å². The van der Waals surface area contributed by atoms with Gasteiger partial charge in [0.15, 0.2) is 11.2 Å². The first-order valence-corrected chi connectivity index (χ1v) is 44.0. The molecule has 6 aliphatic rings. The number of aliphatic carboxylic acids is 2. The molecule has 0 radical (unpaired) electrons. The summed E-state index contributed by atoms with van der Waals surface area (Å²) in [6.07, 6.45) is 6.96. The number of aromatic nitrogens is 5. The fourth-order valence-corrected chi connectivity index (χ4v) is 28.7. The van der Waals surface area contributed by atoms with Crippen molar-refractivity contribution in [3.05, 3.63) is 177 Å². The lowest BCUT2D eigenvalue weighted by Crippen LogP contribution is -2.80.